The Bertz CT molecular complexity index is 739. The lowest BCUT2D eigenvalue weighted by molar-refractivity contribution is 0.391. The van der Waals surface area contributed by atoms with Gasteiger partial charge in [-0.1, -0.05) is 36.4 Å². The third-order valence-corrected chi connectivity index (χ3v) is 5.75. The first kappa shape index (κ1) is 14.3. The summed E-state index contributed by atoms with van der Waals surface area (Å²) in [6.45, 7) is 1.38. The molecule has 110 valence electrons. The smallest absolute Gasteiger partial charge is 0.243 e. The molecule has 0 radical (unpaired) electrons. The number of rotatable bonds is 3. The molecule has 0 atom stereocenters. The third-order valence-electron chi connectivity index (χ3n) is 3.89. The molecule has 1 aliphatic heterocycles. The second-order valence-corrected chi connectivity index (χ2v) is 7.14. The summed E-state index contributed by atoms with van der Waals surface area (Å²) in [4.78, 5) is 0.332. The van der Waals surface area contributed by atoms with Gasteiger partial charge in [-0.2, -0.15) is 4.31 Å². The Morgan fingerprint density at radius 1 is 1.00 bits per heavy atom. The summed E-state index contributed by atoms with van der Waals surface area (Å²) in [5.41, 5.74) is 8.80. The molecule has 0 unspecified atom stereocenters. The number of hydrogen-bond acceptors (Lipinski definition) is 3. The minimum atomic E-state index is -3.44. The highest BCUT2D eigenvalue weighted by molar-refractivity contribution is 7.89. The monoisotopic (exact) mass is 302 g/mol. The molecule has 0 aromatic heterocycles. The lowest BCUT2D eigenvalue weighted by Crippen LogP contribution is -2.35. The molecule has 5 heteroatoms. The van der Waals surface area contributed by atoms with Crippen LogP contribution in [0.1, 0.15) is 16.7 Å². The first-order chi connectivity index (χ1) is 10.1. The van der Waals surface area contributed by atoms with Crippen LogP contribution < -0.4 is 5.73 Å². The number of nitrogens with zero attached hydrogens (tertiary/aromatic N) is 1. The topological polar surface area (TPSA) is 63.4 Å². The van der Waals surface area contributed by atoms with Gasteiger partial charge in [-0.05, 0) is 35.2 Å². The first-order valence-electron chi connectivity index (χ1n) is 6.97. The highest BCUT2D eigenvalue weighted by Crippen LogP contribution is 2.24. The summed E-state index contributed by atoms with van der Waals surface area (Å²) in [5, 5.41) is 0. The predicted molar refractivity (Wildman–Crippen MR) is 82.1 cm³/mol. The van der Waals surface area contributed by atoms with Crippen LogP contribution >= 0.6 is 0 Å². The van der Waals surface area contributed by atoms with Gasteiger partial charge in [-0.3, -0.25) is 0 Å². The van der Waals surface area contributed by atoms with E-state index in [1.165, 1.54) is 5.56 Å². The van der Waals surface area contributed by atoms with Gasteiger partial charge in [0.2, 0.25) is 10.0 Å². The van der Waals surface area contributed by atoms with Crippen molar-refractivity contribution < 1.29 is 8.42 Å². The predicted octanol–water partition coefficient (Wildman–Crippen LogP) is 1.89. The van der Waals surface area contributed by atoms with Crippen molar-refractivity contribution >= 4 is 10.0 Å². The Hall–Kier alpha value is -1.69. The van der Waals surface area contributed by atoms with E-state index in [4.69, 9.17) is 5.73 Å². The van der Waals surface area contributed by atoms with Crippen LogP contribution in [-0.2, 0) is 29.5 Å². The molecule has 0 spiro atoms. The molecule has 2 aromatic carbocycles. The van der Waals surface area contributed by atoms with Gasteiger partial charge in [0, 0.05) is 19.6 Å². The Morgan fingerprint density at radius 2 is 1.67 bits per heavy atom. The molecule has 21 heavy (non-hydrogen) atoms. The molecule has 2 N–H and O–H groups in total. The maximum Gasteiger partial charge on any atom is 0.243 e. The van der Waals surface area contributed by atoms with Crippen LogP contribution in [0.5, 0.6) is 0 Å². The Labute approximate surface area is 125 Å². The molecule has 0 amide bonds. The zero-order valence-electron chi connectivity index (χ0n) is 11.7. The normalized spacial score (nSPS) is 15.7. The fraction of sp³-hybridized carbons (Fsp3) is 0.250. The van der Waals surface area contributed by atoms with E-state index < -0.39 is 10.0 Å². The van der Waals surface area contributed by atoms with E-state index in [1.54, 1.807) is 28.6 Å². The molecule has 1 heterocycles. The molecule has 3 rings (SSSR count). The summed E-state index contributed by atoms with van der Waals surface area (Å²) in [6, 6.07) is 14.8. The Morgan fingerprint density at radius 3 is 2.33 bits per heavy atom. The minimum Gasteiger partial charge on any atom is -0.326 e. The summed E-state index contributed by atoms with van der Waals surface area (Å²) >= 11 is 0. The molecule has 2 aromatic rings. The maximum atomic E-state index is 12.7. The molecule has 0 saturated carbocycles. The van der Waals surface area contributed by atoms with Gasteiger partial charge in [0.25, 0.3) is 0 Å². The second kappa shape index (κ2) is 5.60. The number of hydrogen-bond donors (Lipinski definition) is 1. The van der Waals surface area contributed by atoms with Gasteiger partial charge < -0.3 is 5.73 Å². The van der Waals surface area contributed by atoms with Crippen molar-refractivity contribution in [2.45, 2.75) is 24.4 Å². The molecule has 0 fully saturated rings. The van der Waals surface area contributed by atoms with Crippen LogP contribution in [0.25, 0.3) is 0 Å². The van der Waals surface area contributed by atoms with E-state index in [9.17, 15) is 8.42 Å². The van der Waals surface area contributed by atoms with E-state index in [0.29, 0.717) is 24.5 Å². The van der Waals surface area contributed by atoms with Crippen LogP contribution in [0.15, 0.2) is 53.4 Å². The van der Waals surface area contributed by atoms with Crippen molar-refractivity contribution in [1.29, 1.82) is 0 Å². The SMILES string of the molecule is NCc1ccc(S(=O)(=O)N2CCc3ccccc3C2)cc1. The zero-order valence-corrected chi connectivity index (χ0v) is 12.5. The highest BCUT2D eigenvalue weighted by atomic mass is 32.2. The molecule has 1 aliphatic rings. The largest absolute Gasteiger partial charge is 0.326 e. The van der Waals surface area contributed by atoms with Crippen molar-refractivity contribution in [3.05, 3.63) is 65.2 Å². The average Bonchev–Trinajstić information content (AvgIpc) is 2.54. The highest BCUT2D eigenvalue weighted by Gasteiger charge is 2.27. The molecule has 4 nitrogen and oxygen atoms in total. The zero-order chi connectivity index (χ0) is 14.9. The van der Waals surface area contributed by atoms with Crippen LogP contribution in [0.3, 0.4) is 0 Å². The number of benzene rings is 2. The standard InChI is InChI=1S/C16H18N2O2S/c17-11-13-5-7-16(8-6-13)21(19,20)18-10-9-14-3-1-2-4-15(14)12-18/h1-8H,9-12,17H2. The number of sulfonamides is 1. The van der Waals surface area contributed by atoms with Gasteiger partial charge in [-0.15, -0.1) is 0 Å². The van der Waals surface area contributed by atoms with E-state index in [0.717, 1.165) is 17.5 Å². The van der Waals surface area contributed by atoms with Crippen molar-refractivity contribution in [1.82, 2.24) is 4.31 Å². The van der Waals surface area contributed by atoms with Crippen molar-refractivity contribution in [3.8, 4) is 0 Å². The van der Waals surface area contributed by atoms with Crippen molar-refractivity contribution in [2.24, 2.45) is 5.73 Å². The Balaban J connectivity index is 1.89. The van der Waals surface area contributed by atoms with Crippen molar-refractivity contribution in [2.75, 3.05) is 6.54 Å². The van der Waals surface area contributed by atoms with Crippen LogP contribution in [0, 0.1) is 0 Å². The van der Waals surface area contributed by atoms with Crippen LogP contribution in [-0.4, -0.2) is 19.3 Å². The quantitative estimate of drug-likeness (QED) is 0.942. The Kier molecular flexibility index (Phi) is 3.80. The molecular formula is C16H18N2O2S. The van der Waals surface area contributed by atoms with Gasteiger partial charge in [0.05, 0.1) is 4.90 Å². The number of nitrogens with two attached hydrogens (primary N) is 1. The van der Waals surface area contributed by atoms with E-state index in [2.05, 4.69) is 6.07 Å². The van der Waals surface area contributed by atoms with Gasteiger partial charge in [0.1, 0.15) is 0 Å². The minimum absolute atomic E-state index is 0.332. The van der Waals surface area contributed by atoms with Gasteiger partial charge in [0.15, 0.2) is 0 Å². The summed E-state index contributed by atoms with van der Waals surface area (Å²) in [5.74, 6) is 0. The van der Waals surface area contributed by atoms with E-state index in [1.807, 2.05) is 18.2 Å². The molecular weight excluding hydrogens is 284 g/mol. The summed E-state index contributed by atoms with van der Waals surface area (Å²) < 4.78 is 26.9. The average molecular weight is 302 g/mol. The van der Waals surface area contributed by atoms with Crippen molar-refractivity contribution in [3.63, 3.8) is 0 Å². The lowest BCUT2D eigenvalue weighted by Gasteiger charge is -2.28. The van der Waals surface area contributed by atoms with E-state index >= 15 is 0 Å². The van der Waals surface area contributed by atoms with Gasteiger partial charge in [-0.25, -0.2) is 8.42 Å². The van der Waals surface area contributed by atoms with Crippen LogP contribution in [0.2, 0.25) is 0 Å². The second-order valence-electron chi connectivity index (χ2n) is 5.21. The third kappa shape index (κ3) is 2.72. The lowest BCUT2D eigenvalue weighted by atomic mass is 10.0. The summed E-state index contributed by atoms with van der Waals surface area (Å²) in [6.07, 6.45) is 0.760. The molecule has 0 aliphatic carbocycles. The van der Waals surface area contributed by atoms with E-state index in [-0.39, 0.29) is 0 Å². The first-order valence-corrected chi connectivity index (χ1v) is 8.41. The maximum absolute atomic E-state index is 12.7. The summed E-state index contributed by atoms with van der Waals surface area (Å²) in [7, 11) is -3.44. The molecule has 0 saturated heterocycles. The van der Waals surface area contributed by atoms with Gasteiger partial charge >= 0.3 is 0 Å². The fourth-order valence-electron chi connectivity index (χ4n) is 2.62. The fourth-order valence-corrected chi connectivity index (χ4v) is 4.04. The van der Waals surface area contributed by atoms with Crippen LogP contribution in [0.4, 0.5) is 0 Å². The number of fused-ring (bicyclic) bond motifs is 1. The molecule has 0 bridgehead atoms.